The van der Waals surface area contributed by atoms with Gasteiger partial charge in [-0.2, -0.15) is 10.5 Å². The summed E-state index contributed by atoms with van der Waals surface area (Å²) in [6.07, 6.45) is 0. The molecular weight excluding hydrogens is 466 g/mol. The van der Waals surface area contributed by atoms with Crippen molar-refractivity contribution in [1.29, 1.82) is 0 Å². The molecule has 1 N–H and O–H groups in total. The fraction of sp³-hybridized carbons (Fsp3) is 0.120. The number of hydrazine groups is 1. The maximum Gasteiger partial charge on any atom is 0.241 e. The van der Waals surface area contributed by atoms with E-state index in [1.165, 1.54) is 25.2 Å². The highest BCUT2D eigenvalue weighted by Gasteiger charge is 2.51. The molecule has 1 aliphatic rings. The van der Waals surface area contributed by atoms with E-state index in [2.05, 4.69) is 10.5 Å². The first-order valence-corrected chi connectivity index (χ1v) is 12.2. The van der Waals surface area contributed by atoms with E-state index in [0.717, 1.165) is 27.7 Å². The number of carbonyl (C=O) groups is 2. The Morgan fingerprint density at radius 3 is 2.21 bits per heavy atom. The Morgan fingerprint density at radius 1 is 0.912 bits per heavy atom. The summed E-state index contributed by atoms with van der Waals surface area (Å²) in [4.78, 5) is 29.1. The average Bonchev–Trinajstić information content (AvgIpc) is 3.46. The summed E-state index contributed by atoms with van der Waals surface area (Å²) in [5.41, 5.74) is 5.76. The number of aromatic nitrogens is 1. The molecule has 1 atom stereocenters. The largest absolute Gasteiger partial charge is 0.295 e. The lowest BCUT2D eigenvalue weighted by Gasteiger charge is -2.39. The van der Waals surface area contributed by atoms with Crippen LogP contribution in [0.3, 0.4) is 0 Å². The van der Waals surface area contributed by atoms with Crippen LogP contribution in [-0.2, 0) is 9.59 Å². The smallest absolute Gasteiger partial charge is 0.241 e. The second-order valence-corrected chi connectivity index (χ2v) is 9.85. The van der Waals surface area contributed by atoms with Gasteiger partial charge < -0.3 is 0 Å². The second-order valence-electron chi connectivity index (χ2n) is 7.66. The second kappa shape index (κ2) is 9.02. The highest BCUT2D eigenvalue weighted by atomic mass is 32.2. The zero-order valence-electron chi connectivity index (χ0n) is 18.5. The van der Waals surface area contributed by atoms with Gasteiger partial charge in [0.1, 0.15) is 0 Å². The van der Waals surface area contributed by atoms with Crippen LogP contribution in [0.4, 0.5) is 16.5 Å². The highest BCUT2D eigenvalue weighted by Crippen LogP contribution is 2.42. The molecule has 0 aliphatic carbocycles. The zero-order valence-corrected chi connectivity index (χ0v) is 20.1. The van der Waals surface area contributed by atoms with Crippen molar-refractivity contribution in [3.63, 3.8) is 0 Å². The van der Waals surface area contributed by atoms with Gasteiger partial charge in [-0.25, -0.2) is 15.0 Å². The van der Waals surface area contributed by atoms with Crippen LogP contribution in [0.25, 0.3) is 10.2 Å². The Kier molecular flexibility index (Phi) is 5.91. The van der Waals surface area contributed by atoms with Crippen LogP contribution >= 0.6 is 23.1 Å². The van der Waals surface area contributed by atoms with Crippen LogP contribution in [0.5, 0.6) is 0 Å². The van der Waals surface area contributed by atoms with Gasteiger partial charge in [-0.3, -0.25) is 9.59 Å². The molecule has 170 valence electrons. The number of nitrogens with one attached hydrogen (secondary N) is 1. The maximum atomic E-state index is 13.3. The molecule has 5 rings (SSSR count). The van der Waals surface area contributed by atoms with Crippen LogP contribution in [0.15, 0.2) is 90.0 Å². The van der Waals surface area contributed by atoms with E-state index >= 15 is 0 Å². The Hall–Kier alpha value is -3.53. The lowest BCUT2D eigenvalue weighted by molar-refractivity contribution is -0.120. The van der Waals surface area contributed by atoms with Crippen molar-refractivity contribution in [3.8, 4) is 0 Å². The fourth-order valence-corrected chi connectivity index (χ4v) is 5.60. The van der Waals surface area contributed by atoms with Crippen molar-refractivity contribution in [1.82, 2.24) is 10.4 Å². The lowest BCUT2D eigenvalue weighted by atomic mass is 10.2. The van der Waals surface area contributed by atoms with E-state index in [9.17, 15) is 9.59 Å². The quantitative estimate of drug-likeness (QED) is 0.353. The number of rotatable bonds is 7. The normalized spacial score (nSPS) is 17.6. The number of nitrogens with zero attached hydrogens (tertiary/aromatic N) is 4. The molecule has 0 fully saturated rings. The van der Waals surface area contributed by atoms with Gasteiger partial charge in [-0.05, 0) is 55.1 Å². The predicted molar refractivity (Wildman–Crippen MR) is 139 cm³/mol. The highest BCUT2D eigenvalue weighted by molar-refractivity contribution is 8.17. The molecule has 7 nitrogen and oxygen atoms in total. The van der Waals surface area contributed by atoms with E-state index in [-0.39, 0.29) is 16.6 Å². The SMILES string of the molecule is CC(=O)C1=NN(c2ccccc2)[C@](NN(c2ccccc2)c2nc3ccccc3s2)(C(C)=O)S1. The van der Waals surface area contributed by atoms with Gasteiger partial charge in [0.15, 0.2) is 16.6 Å². The summed E-state index contributed by atoms with van der Waals surface area (Å²) in [5, 5.41) is 8.85. The molecule has 0 amide bonds. The van der Waals surface area contributed by atoms with Crippen molar-refractivity contribution < 1.29 is 9.59 Å². The number of hydrazone groups is 1. The minimum atomic E-state index is -1.39. The van der Waals surface area contributed by atoms with Gasteiger partial charge in [-0.1, -0.05) is 59.9 Å². The molecule has 2 heterocycles. The molecule has 0 unspecified atom stereocenters. The first-order valence-electron chi connectivity index (χ1n) is 10.6. The third-order valence-corrected chi connectivity index (χ3v) is 7.70. The summed E-state index contributed by atoms with van der Waals surface area (Å²) in [6.45, 7) is 2.95. The predicted octanol–water partition coefficient (Wildman–Crippen LogP) is 5.34. The lowest BCUT2D eigenvalue weighted by Crippen LogP contribution is -2.62. The molecular formula is C25H21N5O2S2. The van der Waals surface area contributed by atoms with Gasteiger partial charge >= 0.3 is 0 Å². The molecule has 4 aromatic rings. The molecule has 1 aromatic heterocycles. The minimum Gasteiger partial charge on any atom is -0.295 e. The number of benzene rings is 3. The van der Waals surface area contributed by atoms with Gasteiger partial charge in [-0.15, -0.1) is 0 Å². The molecule has 34 heavy (non-hydrogen) atoms. The van der Waals surface area contributed by atoms with E-state index in [0.29, 0.717) is 10.8 Å². The van der Waals surface area contributed by atoms with Crippen molar-refractivity contribution in [2.45, 2.75) is 18.8 Å². The summed E-state index contributed by atoms with van der Waals surface area (Å²) in [6, 6.07) is 26.9. The monoisotopic (exact) mass is 487 g/mol. The van der Waals surface area contributed by atoms with Crippen molar-refractivity contribution in [2.24, 2.45) is 5.10 Å². The van der Waals surface area contributed by atoms with Crippen LogP contribution in [-0.4, -0.2) is 26.6 Å². The van der Waals surface area contributed by atoms with Crippen LogP contribution in [0.1, 0.15) is 13.8 Å². The number of carbonyl (C=O) groups excluding carboxylic acids is 2. The van der Waals surface area contributed by atoms with Crippen molar-refractivity contribution in [2.75, 3.05) is 10.0 Å². The number of ketones is 2. The number of thiazole rings is 1. The van der Waals surface area contributed by atoms with Gasteiger partial charge in [0.2, 0.25) is 10.1 Å². The Labute approximate surface area is 205 Å². The summed E-state index contributed by atoms with van der Waals surface area (Å²) in [5.74, 6) is -0.412. The number of Topliss-reactive ketones (excluding diaryl/α,β-unsaturated/α-hetero) is 2. The average molecular weight is 488 g/mol. The van der Waals surface area contributed by atoms with Gasteiger partial charge in [0, 0.05) is 6.92 Å². The Balaban J connectivity index is 1.65. The number of anilines is 3. The van der Waals surface area contributed by atoms with E-state index < -0.39 is 4.99 Å². The fourth-order valence-electron chi connectivity index (χ4n) is 3.59. The molecule has 3 aromatic carbocycles. The number of hydrogen-bond donors (Lipinski definition) is 1. The Morgan fingerprint density at radius 2 is 1.56 bits per heavy atom. The van der Waals surface area contributed by atoms with Crippen LogP contribution in [0, 0.1) is 0 Å². The van der Waals surface area contributed by atoms with E-state index in [4.69, 9.17) is 4.98 Å². The van der Waals surface area contributed by atoms with Crippen molar-refractivity contribution in [3.05, 3.63) is 84.9 Å². The summed E-state index contributed by atoms with van der Waals surface area (Å²) in [7, 11) is 0. The minimum absolute atomic E-state index is 0.205. The van der Waals surface area contributed by atoms with E-state index in [1.807, 2.05) is 84.9 Å². The topological polar surface area (TPSA) is 77.9 Å². The standard InChI is InChI=1S/C25H21N5O2S2/c1-17(31)23-27-30(20-13-7-4-8-14-20)25(34-23,18(2)32)28-29(19-11-5-3-6-12-19)24-26-21-15-9-10-16-22(21)33-24/h3-16,28H,1-2H3/t25-/m1/s1. The number of hydrogen-bond acceptors (Lipinski definition) is 9. The van der Waals surface area contributed by atoms with E-state index in [1.54, 1.807) is 10.0 Å². The molecule has 0 spiro atoms. The van der Waals surface area contributed by atoms with Crippen molar-refractivity contribution >= 4 is 66.4 Å². The molecule has 0 bridgehead atoms. The molecule has 0 saturated carbocycles. The van der Waals surface area contributed by atoms with Crippen LogP contribution in [0.2, 0.25) is 0 Å². The zero-order chi connectivity index (χ0) is 23.7. The molecule has 9 heteroatoms. The molecule has 0 saturated heterocycles. The first-order chi connectivity index (χ1) is 16.5. The third-order valence-electron chi connectivity index (χ3n) is 5.26. The number of para-hydroxylation sites is 3. The summed E-state index contributed by atoms with van der Waals surface area (Å²) >= 11 is 2.61. The summed E-state index contributed by atoms with van der Waals surface area (Å²) < 4.78 is 1.02. The van der Waals surface area contributed by atoms with Gasteiger partial charge in [0.05, 0.1) is 21.6 Å². The number of thioether (sulfide) groups is 1. The van der Waals surface area contributed by atoms with Gasteiger partial charge in [0.25, 0.3) is 0 Å². The first kappa shape index (κ1) is 22.3. The molecule has 0 radical (unpaired) electrons. The number of fused-ring (bicyclic) bond motifs is 1. The molecule has 1 aliphatic heterocycles. The van der Waals surface area contributed by atoms with Crippen LogP contribution < -0.4 is 15.4 Å². The maximum absolute atomic E-state index is 13.3. The Bertz CT molecular complexity index is 1360. The third kappa shape index (κ3) is 3.98.